The normalized spacial score (nSPS) is 19.1. The minimum Gasteiger partial charge on any atom is -0.341 e. The van der Waals surface area contributed by atoms with Gasteiger partial charge in [0, 0.05) is 32.7 Å². The van der Waals surface area contributed by atoms with Crippen LogP contribution in [0.4, 0.5) is 9.59 Å². The van der Waals surface area contributed by atoms with Gasteiger partial charge in [0.15, 0.2) is 0 Å². The molecular weight excluding hydrogens is 364 g/mol. The van der Waals surface area contributed by atoms with Crippen LogP contribution in [-0.2, 0) is 6.54 Å². The Morgan fingerprint density at radius 3 is 2.62 bits per heavy atom. The Kier molecular flexibility index (Phi) is 5.60. The first-order chi connectivity index (χ1) is 14.0. The molecular formula is C23H30N4O2. The van der Waals surface area contributed by atoms with E-state index in [-0.39, 0.29) is 18.1 Å². The van der Waals surface area contributed by atoms with Gasteiger partial charge >= 0.3 is 12.1 Å². The fraction of sp³-hybridized carbons (Fsp3) is 0.478. The van der Waals surface area contributed by atoms with Gasteiger partial charge in [-0.15, -0.1) is 0 Å². The second kappa shape index (κ2) is 8.31. The molecule has 2 aromatic carbocycles. The van der Waals surface area contributed by atoms with Gasteiger partial charge in [-0.25, -0.2) is 9.59 Å². The van der Waals surface area contributed by atoms with Crippen LogP contribution in [0.15, 0.2) is 36.4 Å². The number of urea groups is 2. The Morgan fingerprint density at radius 2 is 1.86 bits per heavy atom. The number of nitrogens with zero attached hydrogens (tertiary/aromatic N) is 2. The van der Waals surface area contributed by atoms with Gasteiger partial charge in [-0.2, -0.15) is 0 Å². The van der Waals surface area contributed by atoms with Crippen molar-refractivity contribution >= 4 is 22.8 Å². The summed E-state index contributed by atoms with van der Waals surface area (Å²) in [6, 6.07) is 13.1. The molecule has 1 saturated carbocycles. The van der Waals surface area contributed by atoms with Crippen molar-refractivity contribution in [1.29, 1.82) is 0 Å². The first-order valence-electron chi connectivity index (χ1n) is 10.6. The average molecular weight is 395 g/mol. The summed E-state index contributed by atoms with van der Waals surface area (Å²) in [6.45, 7) is 3.97. The number of hydrogen-bond acceptors (Lipinski definition) is 2. The van der Waals surface area contributed by atoms with E-state index in [9.17, 15) is 9.59 Å². The van der Waals surface area contributed by atoms with Crippen LogP contribution in [0.2, 0.25) is 0 Å². The lowest BCUT2D eigenvalue weighted by atomic mass is 10.0. The maximum Gasteiger partial charge on any atom is 0.318 e. The number of rotatable bonds is 4. The van der Waals surface area contributed by atoms with E-state index in [2.05, 4.69) is 54.0 Å². The Bertz CT molecular complexity index is 909. The van der Waals surface area contributed by atoms with E-state index in [0.717, 1.165) is 37.8 Å². The molecule has 1 heterocycles. The zero-order valence-corrected chi connectivity index (χ0v) is 17.3. The maximum atomic E-state index is 13.1. The molecule has 1 saturated heterocycles. The third-order valence-electron chi connectivity index (χ3n) is 5.97. The molecule has 4 amide bonds. The number of nitrogens with one attached hydrogen (secondary N) is 2. The Morgan fingerprint density at radius 1 is 1.07 bits per heavy atom. The quantitative estimate of drug-likeness (QED) is 0.832. The molecule has 0 bridgehead atoms. The highest BCUT2D eigenvalue weighted by molar-refractivity contribution is 5.84. The van der Waals surface area contributed by atoms with Gasteiger partial charge in [0.25, 0.3) is 0 Å². The Hall–Kier alpha value is -2.76. The summed E-state index contributed by atoms with van der Waals surface area (Å²) in [6.07, 6.45) is 3.99. The molecule has 1 aliphatic heterocycles. The summed E-state index contributed by atoms with van der Waals surface area (Å²) in [5, 5.41) is 8.23. The van der Waals surface area contributed by atoms with Crippen LogP contribution in [0.3, 0.4) is 0 Å². The number of aryl methyl sites for hydroxylation is 1. The van der Waals surface area contributed by atoms with Gasteiger partial charge in [-0.05, 0) is 55.0 Å². The van der Waals surface area contributed by atoms with E-state index in [1.807, 2.05) is 9.80 Å². The molecule has 154 valence electrons. The Labute approximate surface area is 172 Å². The lowest BCUT2D eigenvalue weighted by Crippen LogP contribution is -2.56. The van der Waals surface area contributed by atoms with Crippen molar-refractivity contribution < 1.29 is 9.59 Å². The minimum atomic E-state index is -0.0580. The van der Waals surface area contributed by atoms with Gasteiger partial charge in [-0.3, -0.25) is 0 Å². The maximum absolute atomic E-state index is 13.1. The fourth-order valence-corrected chi connectivity index (χ4v) is 4.30. The number of benzene rings is 2. The average Bonchev–Trinajstić information content (AvgIpc) is 3.56. The molecule has 1 atom stereocenters. The summed E-state index contributed by atoms with van der Waals surface area (Å²) >= 11 is 0. The highest BCUT2D eigenvalue weighted by Crippen LogP contribution is 2.31. The van der Waals surface area contributed by atoms with E-state index >= 15 is 0 Å². The zero-order chi connectivity index (χ0) is 20.4. The van der Waals surface area contributed by atoms with Crippen molar-refractivity contribution in [2.75, 3.05) is 20.1 Å². The van der Waals surface area contributed by atoms with Crippen LogP contribution < -0.4 is 10.6 Å². The predicted molar refractivity (Wildman–Crippen MR) is 115 cm³/mol. The number of hydrogen-bond donors (Lipinski definition) is 2. The molecule has 6 nitrogen and oxygen atoms in total. The van der Waals surface area contributed by atoms with E-state index in [1.54, 1.807) is 7.05 Å². The molecule has 1 aliphatic carbocycles. The molecule has 2 aromatic rings. The van der Waals surface area contributed by atoms with Crippen LogP contribution in [0.5, 0.6) is 0 Å². The predicted octanol–water partition coefficient (Wildman–Crippen LogP) is 3.63. The SMILES string of the molecule is CNC(=O)N1CCC[C@@H](N(C(=O)NCc2ccc3ccc(C)cc3c2)C2CC2)C1. The third kappa shape index (κ3) is 4.47. The van der Waals surface area contributed by atoms with Crippen molar-refractivity contribution in [3.05, 3.63) is 47.5 Å². The number of fused-ring (bicyclic) bond motifs is 1. The molecule has 0 spiro atoms. The van der Waals surface area contributed by atoms with E-state index in [4.69, 9.17) is 0 Å². The summed E-state index contributed by atoms with van der Waals surface area (Å²) in [5.41, 5.74) is 2.33. The number of likely N-dealkylation sites (tertiary alicyclic amines) is 1. The first kappa shape index (κ1) is 19.6. The minimum absolute atomic E-state index is 0.0133. The first-order valence-corrected chi connectivity index (χ1v) is 10.6. The van der Waals surface area contributed by atoms with Crippen molar-refractivity contribution in [3.8, 4) is 0 Å². The molecule has 0 unspecified atom stereocenters. The van der Waals surface area contributed by atoms with Gasteiger partial charge in [0.2, 0.25) is 0 Å². The molecule has 2 aliphatic rings. The van der Waals surface area contributed by atoms with Crippen molar-refractivity contribution in [1.82, 2.24) is 20.4 Å². The highest BCUT2D eigenvalue weighted by atomic mass is 16.2. The topological polar surface area (TPSA) is 64.7 Å². The van der Waals surface area contributed by atoms with Crippen molar-refractivity contribution in [2.45, 2.75) is 51.2 Å². The van der Waals surface area contributed by atoms with Crippen LogP contribution in [0.1, 0.15) is 36.8 Å². The molecule has 0 aromatic heterocycles. The zero-order valence-electron chi connectivity index (χ0n) is 17.3. The number of amides is 4. The standard InChI is InChI=1S/C23H30N4O2/c1-16-5-7-18-8-6-17(13-19(18)12-16)14-25-23(29)27(20-9-10-20)21-4-3-11-26(15-21)22(28)24-2/h5-8,12-13,20-21H,3-4,9-11,14-15H2,1-2H3,(H,24,28)(H,25,29)/t21-/m1/s1. The lowest BCUT2D eigenvalue weighted by Gasteiger charge is -2.39. The van der Waals surface area contributed by atoms with E-state index in [0.29, 0.717) is 19.1 Å². The molecule has 29 heavy (non-hydrogen) atoms. The highest BCUT2D eigenvalue weighted by Gasteiger charge is 2.39. The third-order valence-corrected chi connectivity index (χ3v) is 5.97. The summed E-state index contributed by atoms with van der Waals surface area (Å²) in [5.74, 6) is 0. The molecule has 2 fully saturated rings. The number of piperidine rings is 1. The number of carbonyl (C=O) groups is 2. The Balaban J connectivity index is 1.42. The summed E-state index contributed by atoms with van der Waals surface area (Å²) < 4.78 is 0. The molecule has 2 N–H and O–H groups in total. The van der Waals surface area contributed by atoms with Crippen LogP contribution in [0, 0.1) is 6.92 Å². The smallest absolute Gasteiger partial charge is 0.318 e. The van der Waals surface area contributed by atoms with Crippen molar-refractivity contribution in [2.24, 2.45) is 0 Å². The van der Waals surface area contributed by atoms with E-state index < -0.39 is 0 Å². The molecule has 4 rings (SSSR count). The van der Waals surface area contributed by atoms with Gasteiger partial charge in [0.1, 0.15) is 0 Å². The van der Waals surface area contributed by atoms with Gasteiger partial charge in [-0.1, -0.05) is 35.9 Å². The largest absolute Gasteiger partial charge is 0.341 e. The fourth-order valence-electron chi connectivity index (χ4n) is 4.30. The second-order valence-electron chi connectivity index (χ2n) is 8.28. The molecule has 0 radical (unpaired) electrons. The summed E-state index contributed by atoms with van der Waals surface area (Å²) in [7, 11) is 1.66. The van der Waals surface area contributed by atoms with Gasteiger partial charge < -0.3 is 20.4 Å². The summed E-state index contributed by atoms with van der Waals surface area (Å²) in [4.78, 5) is 28.9. The van der Waals surface area contributed by atoms with Crippen molar-refractivity contribution in [3.63, 3.8) is 0 Å². The second-order valence-corrected chi connectivity index (χ2v) is 8.28. The van der Waals surface area contributed by atoms with E-state index in [1.165, 1.54) is 16.3 Å². The van der Waals surface area contributed by atoms with Gasteiger partial charge in [0.05, 0.1) is 6.04 Å². The lowest BCUT2D eigenvalue weighted by molar-refractivity contribution is 0.116. The monoisotopic (exact) mass is 394 g/mol. The number of carbonyl (C=O) groups excluding carboxylic acids is 2. The van der Waals surface area contributed by atoms with Crippen LogP contribution in [0.25, 0.3) is 10.8 Å². The van der Waals surface area contributed by atoms with Crippen LogP contribution >= 0.6 is 0 Å². The molecule has 6 heteroatoms. The van der Waals surface area contributed by atoms with Crippen LogP contribution in [-0.4, -0.2) is 54.1 Å².